The first kappa shape index (κ1) is 9.19. The number of nitrogens with one attached hydrogen (secondary N) is 1. The Hall–Kier alpha value is -0.900. The third-order valence-corrected chi connectivity index (χ3v) is 2.41. The van der Waals surface area contributed by atoms with Crippen LogP contribution in [0.15, 0.2) is 11.6 Å². The standard InChI is InChI=1S/C8H12N2OS/c1-3-6(2)7(11)10-8-9-4-5-12-8/h4-6H,3H2,1-2H3,(H,9,10,11)/t6-/m0/s1. The van der Waals surface area contributed by atoms with Crippen LogP contribution in [0.25, 0.3) is 0 Å². The summed E-state index contributed by atoms with van der Waals surface area (Å²) < 4.78 is 0. The van der Waals surface area contributed by atoms with Crippen molar-refractivity contribution in [3.8, 4) is 0 Å². The van der Waals surface area contributed by atoms with Gasteiger partial charge in [0.15, 0.2) is 5.13 Å². The van der Waals surface area contributed by atoms with Crippen molar-refractivity contribution in [2.75, 3.05) is 5.32 Å². The zero-order valence-electron chi connectivity index (χ0n) is 7.20. The molecule has 1 aromatic rings. The third-order valence-electron chi connectivity index (χ3n) is 1.72. The molecule has 4 heteroatoms. The van der Waals surface area contributed by atoms with Crippen LogP contribution in [0, 0.1) is 5.92 Å². The van der Waals surface area contributed by atoms with E-state index < -0.39 is 0 Å². The molecule has 1 aromatic heterocycles. The molecule has 1 heterocycles. The lowest BCUT2D eigenvalue weighted by molar-refractivity contribution is -0.119. The van der Waals surface area contributed by atoms with Crippen molar-refractivity contribution in [2.45, 2.75) is 20.3 Å². The zero-order chi connectivity index (χ0) is 8.97. The van der Waals surface area contributed by atoms with Crippen molar-refractivity contribution < 1.29 is 4.79 Å². The van der Waals surface area contributed by atoms with Crippen LogP contribution >= 0.6 is 11.3 Å². The molecular weight excluding hydrogens is 172 g/mol. The minimum atomic E-state index is 0.0486. The number of hydrogen-bond acceptors (Lipinski definition) is 3. The summed E-state index contributed by atoms with van der Waals surface area (Å²) >= 11 is 1.44. The van der Waals surface area contributed by atoms with Gasteiger partial charge >= 0.3 is 0 Å². The van der Waals surface area contributed by atoms with E-state index in [-0.39, 0.29) is 11.8 Å². The fourth-order valence-corrected chi connectivity index (χ4v) is 1.23. The van der Waals surface area contributed by atoms with Gasteiger partial charge in [-0.05, 0) is 6.42 Å². The fraction of sp³-hybridized carbons (Fsp3) is 0.500. The molecule has 0 bridgehead atoms. The van der Waals surface area contributed by atoms with Gasteiger partial charge in [-0.3, -0.25) is 4.79 Å². The van der Waals surface area contributed by atoms with Crippen molar-refractivity contribution in [3.63, 3.8) is 0 Å². The smallest absolute Gasteiger partial charge is 0.228 e. The molecule has 1 atom stereocenters. The largest absolute Gasteiger partial charge is 0.302 e. The lowest BCUT2D eigenvalue weighted by atomic mass is 10.1. The van der Waals surface area contributed by atoms with E-state index in [9.17, 15) is 4.79 Å². The van der Waals surface area contributed by atoms with E-state index in [1.54, 1.807) is 6.20 Å². The summed E-state index contributed by atoms with van der Waals surface area (Å²) in [6.45, 7) is 3.90. The van der Waals surface area contributed by atoms with Crippen LogP contribution < -0.4 is 5.32 Å². The van der Waals surface area contributed by atoms with Crippen molar-refractivity contribution in [2.24, 2.45) is 5.92 Å². The first-order chi connectivity index (χ1) is 5.74. The lowest BCUT2D eigenvalue weighted by Crippen LogP contribution is -2.19. The number of anilines is 1. The second-order valence-electron chi connectivity index (χ2n) is 2.64. The highest BCUT2D eigenvalue weighted by molar-refractivity contribution is 7.13. The van der Waals surface area contributed by atoms with Gasteiger partial charge in [0.1, 0.15) is 0 Å². The molecule has 0 aliphatic rings. The molecule has 0 unspecified atom stereocenters. The van der Waals surface area contributed by atoms with Crippen LogP contribution in [-0.4, -0.2) is 10.9 Å². The average Bonchev–Trinajstić information content (AvgIpc) is 2.55. The van der Waals surface area contributed by atoms with Crippen LogP contribution in [0.3, 0.4) is 0 Å². The molecule has 1 amide bonds. The molecule has 66 valence electrons. The average molecular weight is 184 g/mol. The van der Waals surface area contributed by atoms with E-state index in [1.165, 1.54) is 11.3 Å². The lowest BCUT2D eigenvalue weighted by Gasteiger charge is -2.06. The topological polar surface area (TPSA) is 42.0 Å². The van der Waals surface area contributed by atoms with E-state index in [1.807, 2.05) is 19.2 Å². The molecule has 0 aliphatic carbocycles. The molecule has 1 rings (SSSR count). The van der Waals surface area contributed by atoms with Gasteiger partial charge in [-0.1, -0.05) is 13.8 Å². The molecule has 0 radical (unpaired) electrons. The molecule has 0 fully saturated rings. The molecule has 0 saturated carbocycles. The highest BCUT2D eigenvalue weighted by Crippen LogP contribution is 2.12. The van der Waals surface area contributed by atoms with Crippen LogP contribution in [0.4, 0.5) is 5.13 Å². The van der Waals surface area contributed by atoms with Crippen molar-refractivity contribution in [3.05, 3.63) is 11.6 Å². The van der Waals surface area contributed by atoms with E-state index in [2.05, 4.69) is 10.3 Å². The summed E-state index contributed by atoms with van der Waals surface area (Å²) in [5, 5.41) is 5.26. The maximum atomic E-state index is 11.3. The van der Waals surface area contributed by atoms with Crippen LogP contribution in [0.2, 0.25) is 0 Å². The SMILES string of the molecule is CC[C@H](C)C(=O)Nc1nccs1. The number of aromatic nitrogens is 1. The summed E-state index contributed by atoms with van der Waals surface area (Å²) in [7, 11) is 0. The summed E-state index contributed by atoms with van der Waals surface area (Å²) in [6, 6.07) is 0. The summed E-state index contributed by atoms with van der Waals surface area (Å²) in [6.07, 6.45) is 2.54. The van der Waals surface area contributed by atoms with Gasteiger partial charge in [0, 0.05) is 17.5 Å². The first-order valence-electron chi connectivity index (χ1n) is 3.94. The second-order valence-corrected chi connectivity index (χ2v) is 3.53. The van der Waals surface area contributed by atoms with Crippen LogP contribution in [-0.2, 0) is 4.79 Å². The number of carbonyl (C=O) groups excluding carboxylic acids is 1. The Labute approximate surface area is 75.8 Å². The maximum Gasteiger partial charge on any atom is 0.228 e. The molecule has 0 aliphatic heterocycles. The van der Waals surface area contributed by atoms with Gasteiger partial charge in [-0.2, -0.15) is 0 Å². The zero-order valence-corrected chi connectivity index (χ0v) is 8.02. The number of hydrogen-bond donors (Lipinski definition) is 1. The maximum absolute atomic E-state index is 11.3. The minimum absolute atomic E-state index is 0.0486. The van der Waals surface area contributed by atoms with Gasteiger partial charge in [0.2, 0.25) is 5.91 Å². The normalized spacial score (nSPS) is 12.5. The predicted octanol–water partition coefficient (Wildman–Crippen LogP) is 2.13. The third kappa shape index (κ3) is 2.30. The minimum Gasteiger partial charge on any atom is -0.302 e. The van der Waals surface area contributed by atoms with Crippen molar-refractivity contribution in [1.82, 2.24) is 4.98 Å². The van der Waals surface area contributed by atoms with E-state index >= 15 is 0 Å². The predicted molar refractivity (Wildman–Crippen MR) is 50.2 cm³/mol. The second kappa shape index (κ2) is 4.21. The number of rotatable bonds is 3. The Morgan fingerprint density at radius 2 is 2.58 bits per heavy atom. The van der Waals surface area contributed by atoms with Crippen molar-refractivity contribution in [1.29, 1.82) is 0 Å². The molecule has 0 spiro atoms. The molecule has 1 N–H and O–H groups in total. The summed E-state index contributed by atoms with van der Waals surface area (Å²) in [4.78, 5) is 15.3. The number of thiazole rings is 1. The molecule has 12 heavy (non-hydrogen) atoms. The number of carbonyl (C=O) groups is 1. The van der Waals surface area contributed by atoms with E-state index in [4.69, 9.17) is 0 Å². The quantitative estimate of drug-likeness (QED) is 0.781. The van der Waals surface area contributed by atoms with E-state index in [0.29, 0.717) is 5.13 Å². The Bertz CT molecular complexity index is 246. The highest BCUT2D eigenvalue weighted by Gasteiger charge is 2.10. The van der Waals surface area contributed by atoms with Crippen LogP contribution in [0.5, 0.6) is 0 Å². The molecule has 0 saturated heterocycles. The number of amides is 1. The fourth-order valence-electron chi connectivity index (χ4n) is 0.699. The van der Waals surface area contributed by atoms with Gasteiger partial charge < -0.3 is 5.32 Å². The van der Waals surface area contributed by atoms with Gasteiger partial charge in [0.05, 0.1) is 0 Å². The monoisotopic (exact) mass is 184 g/mol. The van der Waals surface area contributed by atoms with Crippen molar-refractivity contribution >= 4 is 22.4 Å². The molecular formula is C8H12N2OS. The van der Waals surface area contributed by atoms with E-state index in [0.717, 1.165) is 6.42 Å². The Morgan fingerprint density at radius 3 is 3.08 bits per heavy atom. The Kier molecular flexibility index (Phi) is 3.22. The van der Waals surface area contributed by atoms with Gasteiger partial charge in [0.25, 0.3) is 0 Å². The Morgan fingerprint density at radius 1 is 1.83 bits per heavy atom. The summed E-state index contributed by atoms with van der Waals surface area (Å²) in [5.74, 6) is 0.112. The van der Waals surface area contributed by atoms with Gasteiger partial charge in [-0.15, -0.1) is 11.3 Å². The Balaban J connectivity index is 2.47. The molecule has 3 nitrogen and oxygen atoms in total. The van der Waals surface area contributed by atoms with Crippen LogP contribution in [0.1, 0.15) is 20.3 Å². The number of nitrogens with zero attached hydrogens (tertiary/aromatic N) is 1. The highest BCUT2D eigenvalue weighted by atomic mass is 32.1. The first-order valence-corrected chi connectivity index (χ1v) is 4.82. The van der Waals surface area contributed by atoms with Gasteiger partial charge in [-0.25, -0.2) is 4.98 Å². The summed E-state index contributed by atoms with van der Waals surface area (Å²) in [5.41, 5.74) is 0. The molecule has 0 aromatic carbocycles.